The SMILES string of the molecule is CCOC1CC(n2cc(NC(=O)c3coc(-c4cn[nH]c4)n3)c(-c3nc(F)ccc3F)n2)C1.CCOC1CCC(n2cc(NC(=O)c3coc(-c4cn[nH]c4)n3)c(-c3nc(F)c(F)cc3F)n2)CC1.O=C(Nc1cn(C2CCC(O)CC2)nc1-c1cnccn1)c1coc(-c2cn[nH]c2)n1.O=C(Nc1cn(CCOCC(F)F)nc1-c1ccccn1)c1coc(-c2cn[nH]c2)n1. The van der Waals surface area contributed by atoms with Crippen LogP contribution in [0.1, 0.15) is 138 Å². The van der Waals surface area contributed by atoms with Crippen LogP contribution in [0.5, 0.6) is 0 Å². The fourth-order valence-electron chi connectivity index (χ4n) is 14.2. The summed E-state index contributed by atoms with van der Waals surface area (Å²) in [5.74, 6) is -6.93. The minimum Gasteiger partial charge on any atom is -0.444 e. The number of anilines is 4. The van der Waals surface area contributed by atoms with Gasteiger partial charge in [0.25, 0.3) is 30.1 Å². The molecule has 9 N–H and O–H groups in total. The number of aliphatic hydroxyl groups is 1. The molecule has 0 bridgehead atoms. The number of halogens is 7. The van der Waals surface area contributed by atoms with Gasteiger partial charge in [0.15, 0.2) is 40.2 Å². The number of aliphatic hydroxyl groups excluding tert-OH is 1. The summed E-state index contributed by atoms with van der Waals surface area (Å²) in [6.07, 6.45) is 35.2. The van der Waals surface area contributed by atoms with Crippen molar-refractivity contribution < 1.29 is 86.9 Å². The maximum Gasteiger partial charge on any atom is 0.277 e. The lowest BCUT2D eigenvalue weighted by Gasteiger charge is -2.34. The maximum absolute atomic E-state index is 14.6. The standard InChI is InChI=1S/C23H22F3N7O3.C21H19F2N7O3.C20H20N8O3.C19H17F2N7O3/c1-2-35-14-5-3-13(4-6-14)33-10-17(20(32-33)19-15(24)7-16(25)21(26)31-19)29-22(34)18-11-36-23(30-18)12-8-27-28-9-12;1-2-32-13-5-12(6-13)30-9-15(19(29-30)18-14(22)3-4-17(23)28-18)26-20(31)16-10-33-21(27-16)11-7-24-25-8-11;29-14-3-1-13(2-4-14)28-10-16(18(27-28)15-9-21-5-6-22-15)25-19(30)17-11-31-20(26-17)12-7-23-24-8-12;20-16(21)11-30-6-5-28-9-14(17(27-28)13-3-1-2-4-22-13)25-18(29)15-10-31-19(26-15)12-7-23-24-8-12/h7-11,13-14H,2-6H2,1H3,(H,27,28)(H,29,34);3-4,7-10,12-13H,2,5-6H2,1H3,(H,24,25)(H,26,31);5-11,13-14,29H,1-4H2,(H,23,24)(H,25,30);1-4,7-10,16H,5-6,11H2,(H,23,24)(H,25,29). The molecule has 0 atom stereocenters. The van der Waals surface area contributed by atoms with Gasteiger partial charge in [0, 0.05) is 87.4 Å². The predicted molar refractivity (Wildman–Crippen MR) is 445 cm³/mol. The number of ether oxygens (including phenoxy) is 3. The number of carbonyl (C=O) groups excluding carboxylic acids is 4. The first-order chi connectivity index (χ1) is 63.7. The van der Waals surface area contributed by atoms with E-state index in [1.54, 1.807) is 102 Å². The first-order valence-electron chi connectivity index (χ1n) is 40.9. The van der Waals surface area contributed by atoms with Gasteiger partial charge in [0.2, 0.25) is 35.5 Å². The Balaban J connectivity index is 0.000000128. The first kappa shape index (κ1) is 88.7. The van der Waals surface area contributed by atoms with Gasteiger partial charge in [-0.15, -0.1) is 0 Å². The van der Waals surface area contributed by atoms with Crippen molar-refractivity contribution in [3.63, 3.8) is 0 Å². The Labute approximate surface area is 734 Å². The minimum atomic E-state index is -2.54. The van der Waals surface area contributed by atoms with Gasteiger partial charge in [-0.2, -0.15) is 49.6 Å². The zero-order valence-corrected chi connectivity index (χ0v) is 69.1. The summed E-state index contributed by atoms with van der Waals surface area (Å²) in [5.41, 5.74) is 4.69. The molecule has 19 rings (SSSR count). The Hall–Kier alpha value is -15.7. The second-order valence-corrected chi connectivity index (χ2v) is 29.6. The largest absolute Gasteiger partial charge is 0.444 e. The monoisotopic (exact) mass is 1810 g/mol. The van der Waals surface area contributed by atoms with E-state index >= 15 is 0 Å². The number of hydrogen-bond donors (Lipinski definition) is 9. The highest BCUT2D eigenvalue weighted by atomic mass is 19.3. The second kappa shape index (κ2) is 40.9. The van der Waals surface area contributed by atoms with Crippen LogP contribution in [0.3, 0.4) is 0 Å². The Morgan fingerprint density at radius 1 is 0.473 bits per heavy atom. The molecule has 0 unspecified atom stereocenters. The molecule has 3 aliphatic carbocycles. The van der Waals surface area contributed by atoms with Crippen LogP contribution < -0.4 is 21.3 Å². The third-order valence-electron chi connectivity index (χ3n) is 20.8. The van der Waals surface area contributed by atoms with Gasteiger partial charge in [0.05, 0.1) is 131 Å². The van der Waals surface area contributed by atoms with Gasteiger partial charge in [-0.05, 0) is 102 Å². The molecule has 48 heteroatoms. The lowest BCUT2D eigenvalue weighted by Crippen LogP contribution is -2.33. The molecular weight excluding hydrogens is 1730 g/mol. The zero-order chi connectivity index (χ0) is 91.0. The molecule has 0 aliphatic heterocycles. The van der Waals surface area contributed by atoms with Gasteiger partial charge in [-0.3, -0.25) is 73.3 Å². The quantitative estimate of drug-likeness (QED) is 0.0125. The molecule has 0 radical (unpaired) electrons. The molecule has 676 valence electrons. The molecule has 16 aromatic heterocycles. The summed E-state index contributed by atoms with van der Waals surface area (Å²) in [4.78, 5) is 87.7. The number of nitrogens with one attached hydrogen (secondary N) is 8. The Kier molecular flexibility index (Phi) is 27.7. The molecule has 0 saturated heterocycles. The maximum atomic E-state index is 14.6. The number of hydrogen-bond acceptors (Lipinski definition) is 29. The molecule has 16 heterocycles. The van der Waals surface area contributed by atoms with Gasteiger partial charge >= 0.3 is 0 Å². The summed E-state index contributed by atoms with van der Waals surface area (Å²) in [6, 6.07) is 7.64. The smallest absolute Gasteiger partial charge is 0.277 e. The third-order valence-corrected chi connectivity index (χ3v) is 20.8. The number of aromatic amines is 4. The molecule has 0 aromatic carbocycles. The van der Waals surface area contributed by atoms with Crippen molar-refractivity contribution in [2.75, 3.05) is 47.7 Å². The summed E-state index contributed by atoms with van der Waals surface area (Å²) < 4.78 is 139. The van der Waals surface area contributed by atoms with Crippen LogP contribution in [0.15, 0.2) is 178 Å². The summed E-state index contributed by atoms with van der Waals surface area (Å²) in [6.45, 7) is 4.71. The highest BCUT2D eigenvalue weighted by molar-refractivity contribution is 6.07. The molecule has 3 aliphatic rings. The average molecular weight is 1810 g/mol. The number of amides is 4. The van der Waals surface area contributed by atoms with E-state index in [1.165, 1.54) is 48.3 Å². The number of pyridine rings is 3. The van der Waals surface area contributed by atoms with Gasteiger partial charge in [-0.25, -0.2) is 51.9 Å². The van der Waals surface area contributed by atoms with E-state index in [0.717, 1.165) is 82.6 Å². The van der Waals surface area contributed by atoms with Crippen LogP contribution in [0, 0.1) is 29.3 Å². The fourth-order valence-corrected chi connectivity index (χ4v) is 14.2. The van der Waals surface area contributed by atoms with Crippen LogP contribution in [0.4, 0.5) is 53.5 Å². The highest BCUT2D eigenvalue weighted by Gasteiger charge is 2.35. The molecule has 16 aromatic rings. The molecule has 0 spiro atoms. The van der Waals surface area contributed by atoms with Gasteiger partial charge in [0.1, 0.15) is 71.5 Å². The molecule has 3 saturated carbocycles. The van der Waals surface area contributed by atoms with Crippen LogP contribution in [0.2, 0.25) is 0 Å². The summed E-state index contributed by atoms with van der Waals surface area (Å²) in [7, 11) is 0. The van der Waals surface area contributed by atoms with E-state index in [4.69, 9.17) is 31.9 Å². The van der Waals surface area contributed by atoms with Crippen LogP contribution in [-0.4, -0.2) is 205 Å². The van der Waals surface area contributed by atoms with E-state index in [2.05, 4.69) is 127 Å². The number of H-pyrrole nitrogens is 4. The number of oxazole rings is 4. The fraction of sp³-hybridized carbons (Fsp3) is 0.289. The lowest BCUT2D eigenvalue weighted by atomic mass is 9.89. The van der Waals surface area contributed by atoms with Gasteiger partial charge < -0.3 is 58.3 Å². The van der Waals surface area contributed by atoms with Gasteiger partial charge in [-0.1, -0.05) is 6.07 Å². The minimum absolute atomic E-state index is 0.00214. The van der Waals surface area contributed by atoms with E-state index < -0.39 is 71.7 Å². The number of rotatable bonds is 28. The lowest BCUT2D eigenvalue weighted by molar-refractivity contribution is -0.0226. The average Bonchev–Trinajstić information content (AvgIpc) is 1.65. The van der Waals surface area contributed by atoms with Crippen LogP contribution in [-0.2, 0) is 20.8 Å². The van der Waals surface area contributed by atoms with E-state index in [0.29, 0.717) is 81.6 Å². The van der Waals surface area contributed by atoms with Crippen molar-refractivity contribution in [1.29, 1.82) is 0 Å². The predicted octanol–water partition coefficient (Wildman–Crippen LogP) is 13.4. The van der Waals surface area contributed by atoms with Crippen LogP contribution in [0.25, 0.3) is 91.4 Å². The second-order valence-electron chi connectivity index (χ2n) is 29.6. The Morgan fingerprint density at radius 2 is 0.924 bits per heavy atom. The Morgan fingerprint density at radius 3 is 1.38 bits per heavy atom. The van der Waals surface area contributed by atoms with Crippen molar-refractivity contribution in [2.45, 2.75) is 127 Å². The number of aromatic nitrogens is 25. The molecule has 41 nitrogen and oxygen atoms in total. The third kappa shape index (κ3) is 21.6. The van der Waals surface area contributed by atoms with Crippen LogP contribution >= 0.6 is 0 Å². The van der Waals surface area contributed by atoms with Crippen molar-refractivity contribution in [3.05, 3.63) is 213 Å². The van der Waals surface area contributed by atoms with Crippen molar-refractivity contribution in [1.82, 2.24) is 125 Å². The normalized spacial score (nSPS) is 16.5. The first-order valence-corrected chi connectivity index (χ1v) is 40.9. The van der Waals surface area contributed by atoms with E-state index in [9.17, 15) is 55.0 Å². The topological polar surface area (TPSA) is 519 Å². The zero-order valence-electron chi connectivity index (χ0n) is 69.1. The molecule has 131 heavy (non-hydrogen) atoms. The van der Waals surface area contributed by atoms with Crippen molar-refractivity contribution >= 4 is 46.4 Å². The van der Waals surface area contributed by atoms with E-state index in [-0.39, 0.29) is 118 Å². The molecule has 4 amide bonds. The number of carbonyl (C=O) groups is 4. The summed E-state index contributed by atoms with van der Waals surface area (Å²) >= 11 is 0. The Bertz CT molecular complexity index is 6480. The number of nitrogens with zero attached hydrogens (tertiary/aromatic N) is 21. The van der Waals surface area contributed by atoms with Crippen molar-refractivity contribution in [2.24, 2.45) is 0 Å². The highest BCUT2D eigenvalue weighted by Crippen LogP contribution is 2.40. The molecular formula is C83H78F7N29O12. The van der Waals surface area contributed by atoms with Crippen molar-refractivity contribution in [3.8, 4) is 91.4 Å². The summed E-state index contributed by atoms with van der Waals surface area (Å²) in [5, 5.41) is 64.5. The van der Waals surface area contributed by atoms with E-state index in [1.807, 2.05) is 18.5 Å². The molecule has 3 fully saturated rings. The number of alkyl halides is 2.